The number of carbonyl (C=O) groups excluding carboxylic acids is 1. The van der Waals surface area contributed by atoms with E-state index >= 15 is 0 Å². The van der Waals surface area contributed by atoms with Gasteiger partial charge < -0.3 is 10.6 Å². The van der Waals surface area contributed by atoms with Crippen LogP contribution in [0.5, 0.6) is 0 Å². The van der Waals surface area contributed by atoms with Crippen molar-refractivity contribution >= 4 is 23.1 Å². The molecule has 1 heterocycles. The van der Waals surface area contributed by atoms with Gasteiger partial charge in [0, 0.05) is 31.7 Å². The monoisotopic (exact) mass is 268 g/mol. The molecule has 0 aromatic carbocycles. The lowest BCUT2D eigenvalue weighted by atomic mass is 10.1. The number of aryl methyl sites for hydroxylation is 2. The van der Waals surface area contributed by atoms with Crippen LogP contribution < -0.4 is 5.73 Å². The van der Waals surface area contributed by atoms with Crippen LogP contribution in [0.4, 0.5) is 0 Å². The Labute approximate surface area is 113 Å². The lowest BCUT2D eigenvalue weighted by molar-refractivity contribution is 0.0748. The minimum absolute atomic E-state index is 0.00806. The van der Waals surface area contributed by atoms with E-state index in [1.54, 1.807) is 15.6 Å². The Morgan fingerprint density at radius 1 is 1.67 bits per heavy atom. The predicted octanol–water partition coefficient (Wildman–Crippen LogP) is 1.11. The molecule has 0 fully saturated rings. The highest BCUT2D eigenvalue weighted by molar-refractivity contribution is 7.80. The zero-order chi connectivity index (χ0) is 13.9. The highest BCUT2D eigenvalue weighted by Crippen LogP contribution is 2.08. The van der Waals surface area contributed by atoms with E-state index in [9.17, 15) is 4.79 Å². The molecule has 2 N–H and O–H groups in total. The average Bonchev–Trinajstić information content (AvgIpc) is 2.65. The summed E-state index contributed by atoms with van der Waals surface area (Å²) in [6, 6.07) is 1.79. The van der Waals surface area contributed by atoms with E-state index in [4.69, 9.17) is 18.0 Å². The number of aromatic nitrogens is 2. The lowest BCUT2D eigenvalue weighted by Crippen LogP contribution is -2.38. The van der Waals surface area contributed by atoms with Gasteiger partial charge in [0.15, 0.2) is 5.69 Å². The Morgan fingerprint density at radius 3 is 2.67 bits per heavy atom. The van der Waals surface area contributed by atoms with Gasteiger partial charge in [0.05, 0.1) is 4.99 Å². The molecule has 0 bridgehead atoms. The molecular weight excluding hydrogens is 248 g/mol. The number of hydrogen-bond donors (Lipinski definition) is 1. The smallest absolute Gasteiger partial charge is 0.274 e. The molecule has 5 nitrogen and oxygen atoms in total. The summed E-state index contributed by atoms with van der Waals surface area (Å²) in [5.41, 5.74) is 7.00. The van der Waals surface area contributed by atoms with Crippen LogP contribution in [0.2, 0.25) is 0 Å². The van der Waals surface area contributed by atoms with E-state index in [1.807, 2.05) is 27.8 Å². The Hall–Kier alpha value is -1.43. The molecule has 0 spiro atoms. The minimum atomic E-state index is -0.0794. The van der Waals surface area contributed by atoms with Crippen LogP contribution in [0.25, 0.3) is 0 Å². The van der Waals surface area contributed by atoms with Gasteiger partial charge in [-0.2, -0.15) is 5.10 Å². The quantitative estimate of drug-likeness (QED) is 0.813. The third-order valence-electron chi connectivity index (χ3n) is 2.98. The number of rotatable bonds is 5. The molecule has 1 rings (SSSR count). The molecule has 0 aliphatic heterocycles. The van der Waals surface area contributed by atoms with Gasteiger partial charge >= 0.3 is 0 Å². The van der Waals surface area contributed by atoms with Crippen molar-refractivity contribution in [2.75, 3.05) is 13.1 Å². The maximum absolute atomic E-state index is 12.3. The minimum Gasteiger partial charge on any atom is -0.393 e. The molecule has 1 amide bonds. The number of amides is 1. The largest absolute Gasteiger partial charge is 0.393 e. The van der Waals surface area contributed by atoms with E-state index in [2.05, 4.69) is 5.10 Å². The van der Waals surface area contributed by atoms with Crippen molar-refractivity contribution in [1.29, 1.82) is 0 Å². The van der Waals surface area contributed by atoms with Crippen LogP contribution >= 0.6 is 12.2 Å². The first kappa shape index (κ1) is 14.6. The van der Waals surface area contributed by atoms with E-state index < -0.39 is 0 Å². The Morgan fingerprint density at radius 2 is 2.28 bits per heavy atom. The zero-order valence-electron chi connectivity index (χ0n) is 11.3. The topological polar surface area (TPSA) is 64.2 Å². The number of nitrogens with zero attached hydrogens (tertiary/aromatic N) is 3. The molecule has 18 heavy (non-hydrogen) atoms. The molecule has 100 valence electrons. The van der Waals surface area contributed by atoms with Crippen LogP contribution in [-0.2, 0) is 7.05 Å². The van der Waals surface area contributed by atoms with E-state index in [0.29, 0.717) is 23.8 Å². The van der Waals surface area contributed by atoms with Crippen molar-refractivity contribution < 1.29 is 4.79 Å². The normalized spacial score (nSPS) is 12.2. The van der Waals surface area contributed by atoms with Crippen molar-refractivity contribution in [1.82, 2.24) is 14.7 Å². The third kappa shape index (κ3) is 3.29. The molecule has 0 radical (unpaired) electrons. The summed E-state index contributed by atoms with van der Waals surface area (Å²) in [5.74, 6) is -0.0713. The van der Waals surface area contributed by atoms with Crippen molar-refractivity contribution in [3.8, 4) is 0 Å². The fourth-order valence-corrected chi connectivity index (χ4v) is 1.68. The molecule has 0 saturated carbocycles. The van der Waals surface area contributed by atoms with Gasteiger partial charge in [0.25, 0.3) is 5.91 Å². The summed E-state index contributed by atoms with van der Waals surface area (Å²) in [6.07, 6.45) is 0. The highest BCUT2D eigenvalue weighted by atomic mass is 32.1. The van der Waals surface area contributed by atoms with Gasteiger partial charge in [0.2, 0.25) is 0 Å². The Balaban J connectivity index is 2.82. The van der Waals surface area contributed by atoms with E-state index in [0.717, 1.165) is 5.69 Å². The van der Waals surface area contributed by atoms with E-state index in [1.165, 1.54) is 0 Å². The van der Waals surface area contributed by atoms with Crippen molar-refractivity contribution in [2.45, 2.75) is 20.8 Å². The highest BCUT2D eigenvalue weighted by Gasteiger charge is 2.20. The SMILES string of the molecule is CCN(CC(C)C(N)=S)C(=O)c1cc(C)n(C)n1. The molecule has 0 saturated heterocycles. The summed E-state index contributed by atoms with van der Waals surface area (Å²) in [6.45, 7) is 6.90. The van der Waals surface area contributed by atoms with Crippen LogP contribution in [0.1, 0.15) is 30.0 Å². The molecule has 6 heteroatoms. The summed E-state index contributed by atoms with van der Waals surface area (Å²) < 4.78 is 1.69. The van der Waals surface area contributed by atoms with Gasteiger partial charge in [0.1, 0.15) is 0 Å². The maximum atomic E-state index is 12.3. The first-order chi connectivity index (χ1) is 8.36. The van der Waals surface area contributed by atoms with Gasteiger partial charge in [-0.3, -0.25) is 9.48 Å². The van der Waals surface area contributed by atoms with Gasteiger partial charge in [-0.05, 0) is 19.9 Å². The third-order valence-corrected chi connectivity index (χ3v) is 3.38. The Kier molecular flexibility index (Phi) is 4.84. The van der Waals surface area contributed by atoms with Gasteiger partial charge in [-0.1, -0.05) is 19.1 Å². The maximum Gasteiger partial charge on any atom is 0.274 e. The summed E-state index contributed by atoms with van der Waals surface area (Å²) in [5, 5.41) is 4.19. The fourth-order valence-electron chi connectivity index (χ4n) is 1.60. The van der Waals surface area contributed by atoms with Crippen LogP contribution in [0.3, 0.4) is 0 Å². The molecule has 1 unspecified atom stereocenters. The summed E-state index contributed by atoms with van der Waals surface area (Å²) >= 11 is 4.93. The predicted molar refractivity (Wildman–Crippen MR) is 75.5 cm³/mol. The van der Waals surface area contributed by atoms with Gasteiger partial charge in [-0.15, -0.1) is 0 Å². The molecule has 0 aliphatic rings. The molecule has 1 aromatic rings. The van der Waals surface area contributed by atoms with Crippen LogP contribution in [0.15, 0.2) is 6.07 Å². The van der Waals surface area contributed by atoms with Crippen molar-refractivity contribution in [2.24, 2.45) is 18.7 Å². The summed E-state index contributed by atoms with van der Waals surface area (Å²) in [7, 11) is 1.82. The second-order valence-electron chi connectivity index (χ2n) is 4.44. The molecule has 0 aliphatic carbocycles. The van der Waals surface area contributed by atoms with Gasteiger partial charge in [-0.25, -0.2) is 0 Å². The number of nitrogens with two attached hydrogens (primary N) is 1. The first-order valence-electron chi connectivity index (χ1n) is 5.96. The second-order valence-corrected chi connectivity index (χ2v) is 4.91. The van der Waals surface area contributed by atoms with Crippen molar-refractivity contribution in [3.63, 3.8) is 0 Å². The summed E-state index contributed by atoms with van der Waals surface area (Å²) in [4.78, 5) is 14.4. The lowest BCUT2D eigenvalue weighted by Gasteiger charge is -2.23. The molecular formula is C12H20N4OS. The average molecular weight is 268 g/mol. The van der Waals surface area contributed by atoms with Crippen molar-refractivity contribution in [3.05, 3.63) is 17.5 Å². The fraction of sp³-hybridized carbons (Fsp3) is 0.583. The van der Waals surface area contributed by atoms with Crippen LogP contribution in [-0.4, -0.2) is 38.7 Å². The zero-order valence-corrected chi connectivity index (χ0v) is 12.1. The second kappa shape index (κ2) is 5.95. The number of thiocarbonyl (C=S) groups is 1. The number of carbonyl (C=O) groups is 1. The standard InChI is InChI=1S/C12H20N4OS/c1-5-16(7-8(2)11(13)18)12(17)10-6-9(3)15(4)14-10/h6,8H,5,7H2,1-4H3,(H2,13,18). The molecule has 1 aromatic heterocycles. The number of hydrogen-bond acceptors (Lipinski definition) is 3. The Bertz CT molecular complexity index is 435. The van der Waals surface area contributed by atoms with Crippen LogP contribution in [0, 0.1) is 12.8 Å². The first-order valence-corrected chi connectivity index (χ1v) is 6.36. The van der Waals surface area contributed by atoms with E-state index in [-0.39, 0.29) is 11.8 Å². The molecule has 1 atom stereocenters.